The average Bonchev–Trinajstić information content (AvgIpc) is 2.78. The number of anilines is 1. The monoisotopic (exact) mass is 391 g/mol. The zero-order valence-corrected chi connectivity index (χ0v) is 16.5. The molecule has 0 saturated heterocycles. The first-order valence-electron chi connectivity index (χ1n) is 10.1. The Kier molecular flexibility index (Phi) is 5.84. The van der Waals surface area contributed by atoms with Gasteiger partial charge in [0.05, 0.1) is 5.52 Å². The number of nitrogens with one attached hydrogen (secondary N) is 2. The number of amides is 1. The lowest BCUT2D eigenvalue weighted by Gasteiger charge is -2.21. The molecule has 7 nitrogen and oxygen atoms in total. The quantitative estimate of drug-likeness (QED) is 0.656. The van der Waals surface area contributed by atoms with Crippen LogP contribution in [0.1, 0.15) is 42.6 Å². The summed E-state index contributed by atoms with van der Waals surface area (Å²) in [6, 6.07) is 8.99. The average molecular weight is 391 g/mol. The van der Waals surface area contributed by atoms with E-state index < -0.39 is 0 Å². The fourth-order valence-corrected chi connectivity index (χ4v) is 3.65. The van der Waals surface area contributed by atoms with E-state index in [4.69, 9.17) is 4.74 Å². The maximum Gasteiger partial charge on any atom is 0.269 e. The van der Waals surface area contributed by atoms with Gasteiger partial charge in [0.1, 0.15) is 17.2 Å². The second-order valence-corrected chi connectivity index (χ2v) is 7.36. The standard InChI is InChI=1S/C22H25N5O2/c1-23-21(28)20-12-18(9-10-24-20)29-17-7-8-19-16(11-17)14-26-22(27-19)25-13-15-5-3-2-4-6-15/h7-12,14-15H,2-6,13H2,1H3,(H,23,28)(H,25,26,27). The molecule has 2 heterocycles. The van der Waals surface area contributed by atoms with Crippen molar-refractivity contribution in [2.45, 2.75) is 32.1 Å². The highest BCUT2D eigenvalue weighted by Crippen LogP contribution is 2.26. The molecule has 1 saturated carbocycles. The van der Waals surface area contributed by atoms with Crippen LogP contribution in [-0.4, -0.2) is 34.5 Å². The number of hydrogen-bond donors (Lipinski definition) is 2. The molecule has 0 bridgehead atoms. The lowest BCUT2D eigenvalue weighted by Crippen LogP contribution is -2.18. The van der Waals surface area contributed by atoms with Crippen molar-refractivity contribution in [3.8, 4) is 11.5 Å². The van der Waals surface area contributed by atoms with Crippen LogP contribution in [0.25, 0.3) is 10.9 Å². The molecule has 0 unspecified atom stereocenters. The Labute approximate surface area is 169 Å². The van der Waals surface area contributed by atoms with Crippen LogP contribution in [0, 0.1) is 5.92 Å². The summed E-state index contributed by atoms with van der Waals surface area (Å²) < 4.78 is 5.89. The molecule has 1 aliphatic rings. The van der Waals surface area contributed by atoms with Crippen molar-refractivity contribution in [3.05, 3.63) is 48.4 Å². The molecule has 0 radical (unpaired) electrons. The summed E-state index contributed by atoms with van der Waals surface area (Å²) in [5, 5.41) is 6.83. The van der Waals surface area contributed by atoms with Gasteiger partial charge in [0.15, 0.2) is 0 Å². The van der Waals surface area contributed by atoms with Gasteiger partial charge in [-0.05, 0) is 43.0 Å². The number of pyridine rings is 1. The minimum absolute atomic E-state index is 0.254. The number of benzene rings is 1. The SMILES string of the molecule is CNC(=O)c1cc(Oc2ccc3nc(NCC4CCCCC4)ncc3c2)ccn1. The van der Waals surface area contributed by atoms with Crippen molar-refractivity contribution >= 4 is 22.8 Å². The molecule has 29 heavy (non-hydrogen) atoms. The van der Waals surface area contributed by atoms with E-state index in [0.717, 1.165) is 23.4 Å². The van der Waals surface area contributed by atoms with E-state index in [1.165, 1.54) is 32.1 Å². The first-order chi connectivity index (χ1) is 14.2. The van der Waals surface area contributed by atoms with Crippen LogP contribution in [0.15, 0.2) is 42.7 Å². The summed E-state index contributed by atoms with van der Waals surface area (Å²) in [5.41, 5.74) is 1.17. The van der Waals surface area contributed by atoms with Gasteiger partial charge < -0.3 is 15.4 Å². The van der Waals surface area contributed by atoms with Gasteiger partial charge in [0.2, 0.25) is 5.95 Å². The van der Waals surface area contributed by atoms with Gasteiger partial charge >= 0.3 is 0 Å². The molecule has 150 valence electrons. The summed E-state index contributed by atoms with van der Waals surface area (Å²) in [6.45, 7) is 0.933. The predicted octanol–water partition coefficient (Wildman–Crippen LogP) is 4.17. The maximum atomic E-state index is 11.7. The third kappa shape index (κ3) is 4.80. The molecule has 1 aromatic carbocycles. The summed E-state index contributed by atoms with van der Waals surface area (Å²) in [4.78, 5) is 24.8. The van der Waals surface area contributed by atoms with Gasteiger partial charge in [-0.3, -0.25) is 9.78 Å². The zero-order valence-electron chi connectivity index (χ0n) is 16.5. The number of aromatic nitrogens is 3. The first-order valence-corrected chi connectivity index (χ1v) is 10.1. The van der Waals surface area contributed by atoms with E-state index in [2.05, 4.69) is 25.6 Å². The van der Waals surface area contributed by atoms with Crippen molar-refractivity contribution in [1.82, 2.24) is 20.3 Å². The van der Waals surface area contributed by atoms with Gasteiger partial charge in [-0.1, -0.05) is 19.3 Å². The normalized spacial score (nSPS) is 14.5. The molecule has 1 fully saturated rings. The summed E-state index contributed by atoms with van der Waals surface area (Å²) >= 11 is 0. The minimum atomic E-state index is -0.254. The Balaban J connectivity index is 1.45. The van der Waals surface area contributed by atoms with Crippen LogP contribution in [0.5, 0.6) is 11.5 Å². The smallest absolute Gasteiger partial charge is 0.269 e. The van der Waals surface area contributed by atoms with Crippen molar-refractivity contribution in [2.24, 2.45) is 5.92 Å². The number of ether oxygens (including phenoxy) is 1. The molecular formula is C22H25N5O2. The van der Waals surface area contributed by atoms with E-state index in [9.17, 15) is 4.79 Å². The highest BCUT2D eigenvalue weighted by Gasteiger charge is 2.13. The second-order valence-electron chi connectivity index (χ2n) is 7.36. The third-order valence-electron chi connectivity index (χ3n) is 5.25. The number of rotatable bonds is 6. The maximum absolute atomic E-state index is 11.7. The number of carbonyl (C=O) groups excluding carboxylic acids is 1. The lowest BCUT2D eigenvalue weighted by molar-refractivity contribution is 0.0958. The summed E-state index contributed by atoms with van der Waals surface area (Å²) in [5.74, 6) is 2.33. The fraction of sp³-hybridized carbons (Fsp3) is 0.364. The van der Waals surface area contributed by atoms with Gasteiger partial charge in [0.25, 0.3) is 5.91 Å². The second kappa shape index (κ2) is 8.86. The van der Waals surface area contributed by atoms with Gasteiger partial charge in [-0.15, -0.1) is 0 Å². The predicted molar refractivity (Wildman–Crippen MR) is 112 cm³/mol. The van der Waals surface area contributed by atoms with Crippen LogP contribution >= 0.6 is 0 Å². The van der Waals surface area contributed by atoms with Crippen molar-refractivity contribution in [2.75, 3.05) is 18.9 Å². The van der Waals surface area contributed by atoms with Crippen molar-refractivity contribution in [3.63, 3.8) is 0 Å². The third-order valence-corrected chi connectivity index (χ3v) is 5.25. The molecule has 2 aromatic heterocycles. The highest BCUT2D eigenvalue weighted by molar-refractivity contribution is 5.92. The molecule has 7 heteroatoms. The van der Waals surface area contributed by atoms with Crippen LogP contribution in [0.3, 0.4) is 0 Å². The molecule has 4 rings (SSSR count). The topological polar surface area (TPSA) is 89.0 Å². The Hall–Kier alpha value is -3.22. The lowest BCUT2D eigenvalue weighted by atomic mass is 9.89. The molecule has 3 aromatic rings. The number of carbonyl (C=O) groups is 1. The molecule has 2 N–H and O–H groups in total. The first kappa shape index (κ1) is 19.1. The van der Waals surface area contributed by atoms with Crippen LogP contribution in [0.2, 0.25) is 0 Å². The van der Waals surface area contributed by atoms with E-state index in [-0.39, 0.29) is 5.91 Å². The zero-order chi connectivity index (χ0) is 20.1. The van der Waals surface area contributed by atoms with E-state index in [1.54, 1.807) is 31.6 Å². The van der Waals surface area contributed by atoms with Gasteiger partial charge in [-0.2, -0.15) is 0 Å². The van der Waals surface area contributed by atoms with Gasteiger partial charge in [0, 0.05) is 37.4 Å². The fourth-order valence-electron chi connectivity index (χ4n) is 3.65. The summed E-state index contributed by atoms with van der Waals surface area (Å²) in [7, 11) is 1.57. The number of nitrogens with zero attached hydrogens (tertiary/aromatic N) is 3. The van der Waals surface area contributed by atoms with E-state index in [1.807, 2.05) is 18.2 Å². The van der Waals surface area contributed by atoms with Crippen LogP contribution in [0.4, 0.5) is 5.95 Å². The Morgan fingerprint density at radius 2 is 1.93 bits per heavy atom. The Bertz CT molecular complexity index is 1000. The molecule has 1 amide bonds. The largest absolute Gasteiger partial charge is 0.457 e. The van der Waals surface area contributed by atoms with Crippen molar-refractivity contribution < 1.29 is 9.53 Å². The molecule has 0 aliphatic heterocycles. The van der Waals surface area contributed by atoms with E-state index in [0.29, 0.717) is 23.1 Å². The van der Waals surface area contributed by atoms with Gasteiger partial charge in [-0.25, -0.2) is 9.97 Å². The molecule has 0 spiro atoms. The van der Waals surface area contributed by atoms with Crippen LogP contribution in [-0.2, 0) is 0 Å². The van der Waals surface area contributed by atoms with E-state index >= 15 is 0 Å². The molecule has 0 atom stereocenters. The molecular weight excluding hydrogens is 366 g/mol. The summed E-state index contributed by atoms with van der Waals surface area (Å²) in [6.07, 6.45) is 9.95. The van der Waals surface area contributed by atoms with Crippen LogP contribution < -0.4 is 15.4 Å². The highest BCUT2D eigenvalue weighted by atomic mass is 16.5. The minimum Gasteiger partial charge on any atom is -0.457 e. The molecule has 1 aliphatic carbocycles. The van der Waals surface area contributed by atoms with Crippen molar-refractivity contribution in [1.29, 1.82) is 0 Å². The number of hydrogen-bond acceptors (Lipinski definition) is 6. The Morgan fingerprint density at radius 3 is 2.76 bits per heavy atom. The number of fused-ring (bicyclic) bond motifs is 1. The Morgan fingerprint density at radius 1 is 1.10 bits per heavy atom.